The Morgan fingerprint density at radius 1 is 1.20 bits per heavy atom. The number of halogens is 2. The number of nitrogens with one attached hydrogen (secondary N) is 1. The molecule has 0 atom stereocenters. The van der Waals surface area contributed by atoms with Crippen LogP contribution in [0.25, 0.3) is 0 Å². The predicted octanol–water partition coefficient (Wildman–Crippen LogP) is 2.98. The first-order valence-corrected chi connectivity index (χ1v) is 6.06. The Morgan fingerprint density at radius 2 is 1.90 bits per heavy atom. The average molecular weight is 276 g/mol. The second-order valence-corrected chi connectivity index (χ2v) is 4.46. The molecule has 5 heteroatoms. The summed E-state index contributed by atoms with van der Waals surface area (Å²) in [6.45, 7) is 1.67. The molecule has 0 radical (unpaired) electrons. The molecule has 2 rings (SSSR count). The Morgan fingerprint density at radius 3 is 2.60 bits per heavy atom. The molecule has 0 aliphatic heterocycles. The van der Waals surface area contributed by atoms with Gasteiger partial charge in [0.2, 0.25) is 5.91 Å². The molecule has 3 N–H and O–H groups in total. The minimum atomic E-state index is -0.557. The lowest BCUT2D eigenvalue weighted by Gasteiger charge is -2.11. The van der Waals surface area contributed by atoms with E-state index < -0.39 is 17.5 Å². The number of hydrogen-bond acceptors (Lipinski definition) is 2. The van der Waals surface area contributed by atoms with Gasteiger partial charge in [0.05, 0.1) is 5.69 Å². The lowest BCUT2D eigenvalue weighted by molar-refractivity contribution is 0.0999. The summed E-state index contributed by atoms with van der Waals surface area (Å²) in [4.78, 5) is 11.3. The molecule has 0 spiro atoms. The highest BCUT2D eigenvalue weighted by Crippen LogP contribution is 2.20. The van der Waals surface area contributed by atoms with Crippen LogP contribution in [0.2, 0.25) is 0 Å². The van der Waals surface area contributed by atoms with E-state index in [1.165, 1.54) is 6.92 Å². The van der Waals surface area contributed by atoms with Crippen LogP contribution in [0.1, 0.15) is 21.5 Å². The van der Waals surface area contributed by atoms with Crippen molar-refractivity contribution < 1.29 is 13.6 Å². The van der Waals surface area contributed by atoms with Gasteiger partial charge in [0.1, 0.15) is 11.6 Å². The Bertz CT molecular complexity index is 656. The summed E-state index contributed by atoms with van der Waals surface area (Å²) in [5, 5.41) is 2.77. The van der Waals surface area contributed by atoms with Crippen molar-refractivity contribution in [1.29, 1.82) is 0 Å². The highest BCUT2D eigenvalue weighted by atomic mass is 19.1. The zero-order chi connectivity index (χ0) is 14.7. The Labute approximate surface area is 115 Å². The topological polar surface area (TPSA) is 55.1 Å². The molecule has 0 unspecified atom stereocenters. The molecule has 3 nitrogen and oxygen atoms in total. The fourth-order valence-corrected chi connectivity index (χ4v) is 1.89. The van der Waals surface area contributed by atoms with E-state index in [1.807, 2.05) is 0 Å². The van der Waals surface area contributed by atoms with Gasteiger partial charge in [-0.15, -0.1) is 0 Å². The van der Waals surface area contributed by atoms with Crippen molar-refractivity contribution in [2.75, 3.05) is 5.32 Å². The third-order valence-electron chi connectivity index (χ3n) is 3.00. The van der Waals surface area contributed by atoms with Crippen LogP contribution >= 0.6 is 0 Å². The summed E-state index contributed by atoms with van der Waals surface area (Å²) in [7, 11) is 0. The van der Waals surface area contributed by atoms with Gasteiger partial charge in [0, 0.05) is 18.2 Å². The maximum Gasteiger partial charge on any atom is 0.249 e. The van der Waals surface area contributed by atoms with Crippen LogP contribution in [0, 0.1) is 18.6 Å². The molecule has 0 saturated carbocycles. The summed E-state index contributed by atoms with van der Waals surface area (Å²) < 4.78 is 27.1. The largest absolute Gasteiger partial charge is 0.378 e. The maximum absolute atomic E-state index is 13.7. The summed E-state index contributed by atoms with van der Waals surface area (Å²) >= 11 is 0. The van der Waals surface area contributed by atoms with Crippen molar-refractivity contribution in [3.8, 4) is 0 Å². The third-order valence-corrected chi connectivity index (χ3v) is 3.00. The van der Waals surface area contributed by atoms with Gasteiger partial charge in [-0.05, 0) is 30.2 Å². The first kappa shape index (κ1) is 14.0. The van der Waals surface area contributed by atoms with Crippen molar-refractivity contribution in [2.24, 2.45) is 5.73 Å². The number of rotatable bonds is 4. The van der Waals surface area contributed by atoms with E-state index in [0.717, 1.165) is 12.1 Å². The molecule has 0 saturated heterocycles. The van der Waals surface area contributed by atoms with Crippen LogP contribution < -0.4 is 11.1 Å². The van der Waals surface area contributed by atoms with Gasteiger partial charge in [0.15, 0.2) is 0 Å². The molecular weight excluding hydrogens is 262 g/mol. The van der Waals surface area contributed by atoms with Crippen LogP contribution in [0.4, 0.5) is 14.5 Å². The van der Waals surface area contributed by atoms with Crippen LogP contribution in [0.5, 0.6) is 0 Å². The molecule has 20 heavy (non-hydrogen) atoms. The highest BCUT2D eigenvalue weighted by Gasteiger charge is 2.10. The first-order chi connectivity index (χ1) is 9.49. The maximum atomic E-state index is 13.7. The van der Waals surface area contributed by atoms with E-state index in [9.17, 15) is 13.6 Å². The van der Waals surface area contributed by atoms with Gasteiger partial charge in [-0.1, -0.05) is 18.2 Å². The first-order valence-electron chi connectivity index (χ1n) is 6.06. The summed E-state index contributed by atoms with van der Waals surface area (Å²) in [5.41, 5.74) is 6.53. The molecule has 2 aromatic rings. The third kappa shape index (κ3) is 2.93. The van der Waals surface area contributed by atoms with Crippen LogP contribution in [0.15, 0.2) is 36.4 Å². The van der Waals surface area contributed by atoms with Gasteiger partial charge in [-0.3, -0.25) is 4.79 Å². The van der Waals surface area contributed by atoms with Gasteiger partial charge in [-0.2, -0.15) is 0 Å². The van der Waals surface area contributed by atoms with Crippen LogP contribution in [0.3, 0.4) is 0 Å². The fourth-order valence-electron chi connectivity index (χ4n) is 1.89. The number of primary amides is 1. The Balaban J connectivity index is 2.21. The molecule has 0 fully saturated rings. The number of nitrogens with two attached hydrogens (primary N) is 1. The normalized spacial score (nSPS) is 10.3. The number of carbonyl (C=O) groups excluding carboxylic acids is 1. The molecule has 0 aliphatic rings. The monoisotopic (exact) mass is 276 g/mol. The molecule has 0 bridgehead atoms. The van der Waals surface area contributed by atoms with Crippen molar-refractivity contribution in [1.82, 2.24) is 0 Å². The molecule has 0 aromatic heterocycles. The zero-order valence-corrected chi connectivity index (χ0v) is 10.9. The lowest BCUT2D eigenvalue weighted by Crippen LogP contribution is -2.15. The summed E-state index contributed by atoms with van der Waals surface area (Å²) in [6.07, 6.45) is 0. The van der Waals surface area contributed by atoms with Crippen LogP contribution in [-0.2, 0) is 6.54 Å². The smallest absolute Gasteiger partial charge is 0.249 e. The van der Waals surface area contributed by atoms with Crippen LogP contribution in [-0.4, -0.2) is 5.91 Å². The number of amides is 1. The second-order valence-electron chi connectivity index (χ2n) is 4.46. The quantitative estimate of drug-likeness (QED) is 0.902. The average Bonchev–Trinajstić information content (AvgIpc) is 2.41. The van der Waals surface area contributed by atoms with E-state index in [2.05, 4.69) is 5.32 Å². The molecule has 2 aromatic carbocycles. The molecular formula is C15H14F2N2O. The lowest BCUT2D eigenvalue weighted by atomic mass is 10.1. The predicted molar refractivity (Wildman–Crippen MR) is 73.4 cm³/mol. The highest BCUT2D eigenvalue weighted by molar-refractivity contribution is 5.94. The van der Waals surface area contributed by atoms with Crippen molar-refractivity contribution in [3.63, 3.8) is 0 Å². The van der Waals surface area contributed by atoms with Crippen molar-refractivity contribution in [3.05, 3.63) is 64.7 Å². The van der Waals surface area contributed by atoms with Gasteiger partial charge in [-0.25, -0.2) is 8.78 Å². The zero-order valence-electron chi connectivity index (χ0n) is 10.9. The van der Waals surface area contributed by atoms with E-state index in [0.29, 0.717) is 11.1 Å². The minimum Gasteiger partial charge on any atom is -0.378 e. The molecule has 1 amide bonds. The second kappa shape index (κ2) is 5.69. The number of carbonyl (C=O) groups is 1. The summed E-state index contributed by atoms with van der Waals surface area (Å²) in [5.74, 6) is -1.59. The van der Waals surface area contributed by atoms with E-state index in [4.69, 9.17) is 5.73 Å². The van der Waals surface area contributed by atoms with Gasteiger partial charge in [0.25, 0.3) is 0 Å². The SMILES string of the molecule is Cc1cc(F)c(NCc2ccccc2C(N)=O)cc1F. The van der Waals surface area contributed by atoms with Gasteiger partial charge >= 0.3 is 0 Å². The Hall–Kier alpha value is -2.43. The Kier molecular flexibility index (Phi) is 3.98. The molecule has 0 heterocycles. The number of benzene rings is 2. The number of hydrogen-bond donors (Lipinski definition) is 2. The summed E-state index contributed by atoms with van der Waals surface area (Å²) in [6, 6.07) is 8.95. The number of aryl methyl sites for hydroxylation is 1. The standard InChI is InChI=1S/C15H14F2N2O/c1-9-6-13(17)14(7-12(9)16)19-8-10-4-2-3-5-11(10)15(18)20/h2-7,19H,8H2,1H3,(H2,18,20). The molecule has 104 valence electrons. The van der Waals surface area contributed by atoms with Crippen molar-refractivity contribution >= 4 is 11.6 Å². The van der Waals surface area contributed by atoms with E-state index in [1.54, 1.807) is 24.3 Å². The molecule has 0 aliphatic carbocycles. The van der Waals surface area contributed by atoms with E-state index >= 15 is 0 Å². The number of anilines is 1. The van der Waals surface area contributed by atoms with Crippen molar-refractivity contribution in [2.45, 2.75) is 13.5 Å². The van der Waals surface area contributed by atoms with E-state index in [-0.39, 0.29) is 17.8 Å². The van der Waals surface area contributed by atoms with Gasteiger partial charge < -0.3 is 11.1 Å². The minimum absolute atomic E-state index is 0.0485. The fraction of sp³-hybridized carbons (Fsp3) is 0.133.